The van der Waals surface area contributed by atoms with Gasteiger partial charge in [-0.1, -0.05) is 23.7 Å². The second-order valence-corrected chi connectivity index (χ2v) is 7.24. The number of halogens is 2. The molecule has 26 heavy (non-hydrogen) atoms. The molecular weight excluding hydrogens is 351 g/mol. The van der Waals surface area contributed by atoms with E-state index in [4.69, 9.17) is 11.6 Å². The van der Waals surface area contributed by atoms with Crippen molar-refractivity contribution in [3.63, 3.8) is 0 Å². The average molecular weight is 370 g/mol. The van der Waals surface area contributed by atoms with E-state index >= 15 is 0 Å². The van der Waals surface area contributed by atoms with E-state index in [-0.39, 0.29) is 23.4 Å². The highest BCUT2D eigenvalue weighted by molar-refractivity contribution is 6.30. The summed E-state index contributed by atoms with van der Waals surface area (Å²) in [6.45, 7) is 0. The molecule has 1 radical (unpaired) electrons. The van der Waals surface area contributed by atoms with Gasteiger partial charge in [-0.25, -0.2) is 4.39 Å². The fourth-order valence-electron chi connectivity index (χ4n) is 3.70. The first-order valence-electron chi connectivity index (χ1n) is 8.72. The van der Waals surface area contributed by atoms with Crippen LogP contribution in [0.1, 0.15) is 23.2 Å². The van der Waals surface area contributed by atoms with Gasteiger partial charge in [-0.2, -0.15) is 0 Å². The molecule has 1 atom stereocenters. The van der Waals surface area contributed by atoms with Crippen LogP contribution in [0, 0.1) is 11.9 Å². The number of fused-ring (bicyclic) bond motifs is 3. The van der Waals surface area contributed by atoms with Crippen molar-refractivity contribution in [2.45, 2.75) is 31.7 Å². The van der Waals surface area contributed by atoms with Crippen LogP contribution in [0.25, 0.3) is 5.52 Å². The normalized spacial score (nSPS) is 16.5. The quantitative estimate of drug-likeness (QED) is 0.682. The van der Waals surface area contributed by atoms with Gasteiger partial charge in [0.2, 0.25) is 5.91 Å². The SMILES string of the molecule is CN(C(=O)Cc1ccc(F)c(Cl)c1)[C@@H]1CCc2[c]c3ccccn3c2C1. The lowest BCUT2D eigenvalue weighted by Crippen LogP contribution is -2.41. The van der Waals surface area contributed by atoms with Crippen LogP contribution in [0.2, 0.25) is 5.02 Å². The first-order chi connectivity index (χ1) is 12.5. The zero-order valence-corrected chi connectivity index (χ0v) is 15.3. The smallest absolute Gasteiger partial charge is 0.226 e. The predicted molar refractivity (Wildman–Crippen MR) is 99.9 cm³/mol. The number of hydrogen-bond donors (Lipinski definition) is 0. The summed E-state index contributed by atoms with van der Waals surface area (Å²) in [5, 5.41) is 0.0513. The average Bonchev–Trinajstić information content (AvgIpc) is 3.02. The van der Waals surface area contributed by atoms with Crippen LogP contribution in [-0.4, -0.2) is 28.3 Å². The third-order valence-corrected chi connectivity index (χ3v) is 5.50. The molecule has 2 heterocycles. The molecule has 133 valence electrons. The van der Waals surface area contributed by atoms with Crippen LogP contribution in [0.15, 0.2) is 42.6 Å². The molecule has 0 bridgehead atoms. The maximum absolute atomic E-state index is 13.3. The number of carbonyl (C=O) groups is 1. The Morgan fingerprint density at radius 2 is 2.23 bits per heavy atom. The molecule has 1 aliphatic rings. The van der Waals surface area contributed by atoms with Gasteiger partial charge in [-0.3, -0.25) is 4.79 Å². The Kier molecular flexibility index (Phi) is 4.45. The standard InChI is InChI=1S/C21H19ClFN2O/c1-24(21(26)11-14-5-8-19(23)18(22)10-14)16-7-6-15-12-17-4-2-3-9-25(17)20(15)13-16/h2-5,8-10,16H,6-7,11,13H2,1H3/t16-/m1/s1. The predicted octanol–water partition coefficient (Wildman–Crippen LogP) is 4.09. The molecule has 3 nitrogen and oxygen atoms in total. The summed E-state index contributed by atoms with van der Waals surface area (Å²) in [4.78, 5) is 14.5. The van der Waals surface area contributed by atoms with Gasteiger partial charge in [0.15, 0.2) is 0 Å². The first kappa shape index (κ1) is 17.1. The van der Waals surface area contributed by atoms with Crippen LogP contribution >= 0.6 is 11.6 Å². The summed E-state index contributed by atoms with van der Waals surface area (Å²) in [5.74, 6) is -0.446. The largest absolute Gasteiger partial charge is 0.342 e. The van der Waals surface area contributed by atoms with E-state index in [0.717, 1.165) is 30.3 Å². The third kappa shape index (κ3) is 3.10. The zero-order valence-electron chi connectivity index (χ0n) is 14.5. The van der Waals surface area contributed by atoms with Crippen molar-refractivity contribution in [2.24, 2.45) is 0 Å². The molecule has 1 amide bonds. The molecule has 3 aromatic rings. The van der Waals surface area contributed by atoms with Crippen LogP contribution in [0.3, 0.4) is 0 Å². The van der Waals surface area contributed by atoms with Gasteiger partial charge in [0, 0.05) is 37.5 Å². The summed E-state index contributed by atoms with van der Waals surface area (Å²) < 4.78 is 15.5. The highest BCUT2D eigenvalue weighted by Crippen LogP contribution is 2.27. The Hall–Kier alpha value is -2.33. The van der Waals surface area contributed by atoms with Crippen molar-refractivity contribution in [1.29, 1.82) is 0 Å². The minimum Gasteiger partial charge on any atom is -0.342 e. The Labute approximate surface area is 157 Å². The minimum absolute atomic E-state index is 0.0194. The molecule has 0 saturated heterocycles. The van der Waals surface area contributed by atoms with Crippen molar-refractivity contribution in [2.75, 3.05) is 7.05 Å². The van der Waals surface area contributed by atoms with Crippen LogP contribution in [-0.2, 0) is 24.1 Å². The Balaban J connectivity index is 1.50. The van der Waals surface area contributed by atoms with Gasteiger partial charge in [-0.15, -0.1) is 0 Å². The summed E-state index contributed by atoms with van der Waals surface area (Å²) in [6, 6.07) is 14.1. The van der Waals surface area contributed by atoms with E-state index in [0.29, 0.717) is 0 Å². The molecule has 1 aromatic carbocycles. The maximum atomic E-state index is 13.3. The Morgan fingerprint density at radius 3 is 3.04 bits per heavy atom. The van der Waals surface area contributed by atoms with E-state index in [2.05, 4.69) is 22.7 Å². The van der Waals surface area contributed by atoms with Crippen LogP contribution in [0.4, 0.5) is 4.39 Å². The van der Waals surface area contributed by atoms with Gasteiger partial charge in [0.05, 0.1) is 17.0 Å². The highest BCUT2D eigenvalue weighted by Gasteiger charge is 2.27. The Bertz CT molecular complexity index is 981. The van der Waals surface area contributed by atoms with Gasteiger partial charge >= 0.3 is 0 Å². The molecule has 0 N–H and O–H groups in total. The zero-order chi connectivity index (χ0) is 18.3. The number of nitrogens with zero attached hydrogens (tertiary/aromatic N) is 2. The second kappa shape index (κ2) is 6.76. The summed E-state index contributed by atoms with van der Waals surface area (Å²) in [6.07, 6.45) is 4.93. The van der Waals surface area contributed by atoms with Gasteiger partial charge in [0.1, 0.15) is 5.82 Å². The van der Waals surface area contributed by atoms with Crippen molar-refractivity contribution < 1.29 is 9.18 Å². The van der Waals surface area contributed by atoms with Crippen molar-refractivity contribution in [1.82, 2.24) is 9.30 Å². The van der Waals surface area contributed by atoms with E-state index in [1.807, 2.05) is 24.1 Å². The Morgan fingerprint density at radius 1 is 1.38 bits per heavy atom. The molecule has 0 unspecified atom stereocenters. The number of rotatable bonds is 3. The van der Waals surface area contributed by atoms with E-state index < -0.39 is 5.82 Å². The number of hydrogen-bond acceptors (Lipinski definition) is 1. The maximum Gasteiger partial charge on any atom is 0.226 e. The summed E-state index contributed by atoms with van der Waals surface area (Å²) in [5.41, 5.74) is 4.29. The molecule has 2 aromatic heterocycles. The minimum atomic E-state index is -0.465. The molecule has 0 fully saturated rings. The lowest BCUT2D eigenvalue weighted by atomic mass is 9.92. The number of pyridine rings is 1. The van der Waals surface area contributed by atoms with Crippen LogP contribution < -0.4 is 0 Å². The first-order valence-corrected chi connectivity index (χ1v) is 9.10. The van der Waals surface area contributed by atoms with Crippen molar-refractivity contribution >= 4 is 23.0 Å². The van der Waals surface area contributed by atoms with Gasteiger partial charge in [0.25, 0.3) is 0 Å². The molecule has 4 rings (SSSR count). The number of likely N-dealkylation sites (N-methyl/N-ethyl adjacent to an activating group) is 1. The molecule has 1 aliphatic carbocycles. The van der Waals surface area contributed by atoms with E-state index in [9.17, 15) is 9.18 Å². The molecular formula is C21H19ClFN2O. The fourth-order valence-corrected chi connectivity index (χ4v) is 3.90. The highest BCUT2D eigenvalue weighted by atomic mass is 35.5. The van der Waals surface area contributed by atoms with E-state index in [1.165, 1.54) is 23.4 Å². The topological polar surface area (TPSA) is 24.7 Å². The summed E-state index contributed by atoms with van der Waals surface area (Å²) >= 11 is 5.82. The number of aromatic nitrogens is 1. The molecule has 0 aliphatic heterocycles. The summed E-state index contributed by atoms with van der Waals surface area (Å²) in [7, 11) is 1.85. The van der Waals surface area contributed by atoms with Crippen molar-refractivity contribution in [3.8, 4) is 0 Å². The lowest BCUT2D eigenvalue weighted by Gasteiger charge is -2.31. The number of carbonyl (C=O) groups excluding carboxylic acids is 1. The third-order valence-electron chi connectivity index (χ3n) is 5.21. The monoisotopic (exact) mass is 369 g/mol. The van der Waals surface area contributed by atoms with E-state index in [1.54, 1.807) is 6.07 Å². The number of amides is 1. The van der Waals surface area contributed by atoms with Crippen LogP contribution in [0.5, 0.6) is 0 Å². The second-order valence-electron chi connectivity index (χ2n) is 6.83. The van der Waals surface area contributed by atoms with Gasteiger partial charge in [-0.05, 0) is 48.2 Å². The molecule has 5 heteroatoms. The lowest BCUT2D eigenvalue weighted by molar-refractivity contribution is -0.131. The molecule has 0 spiro atoms. The number of benzene rings is 1. The van der Waals surface area contributed by atoms with Crippen molar-refractivity contribution in [3.05, 3.63) is 76.3 Å². The fraction of sp³-hybridized carbons (Fsp3) is 0.286. The van der Waals surface area contributed by atoms with Gasteiger partial charge < -0.3 is 9.30 Å². The molecule has 0 saturated carbocycles. The number of aryl methyl sites for hydroxylation is 1.